The lowest BCUT2D eigenvalue weighted by Crippen LogP contribution is -2.22. The highest BCUT2D eigenvalue weighted by molar-refractivity contribution is 6.30. The Balaban J connectivity index is 1.64. The van der Waals surface area contributed by atoms with Gasteiger partial charge in [-0.05, 0) is 48.5 Å². The number of hydrogen-bond donors (Lipinski definition) is 1. The quantitative estimate of drug-likeness (QED) is 0.795. The lowest BCUT2D eigenvalue weighted by Gasteiger charge is -2.03. The second-order valence-electron chi connectivity index (χ2n) is 4.96. The second kappa shape index (κ2) is 6.62. The summed E-state index contributed by atoms with van der Waals surface area (Å²) in [5, 5.41) is 7.68. The molecule has 0 saturated carbocycles. The SMILES string of the molecule is O=C(NCc1cnn(-c2ccc(Cl)cc2)c1)c1ccc(F)cc1. The van der Waals surface area contributed by atoms with Gasteiger partial charge < -0.3 is 5.32 Å². The summed E-state index contributed by atoms with van der Waals surface area (Å²) in [7, 11) is 0. The van der Waals surface area contributed by atoms with Crippen LogP contribution in [0.25, 0.3) is 5.69 Å². The Morgan fingerprint density at radius 3 is 2.52 bits per heavy atom. The predicted octanol–water partition coefficient (Wildman–Crippen LogP) is 3.59. The summed E-state index contributed by atoms with van der Waals surface area (Å²) >= 11 is 5.86. The van der Waals surface area contributed by atoms with Gasteiger partial charge in [-0.15, -0.1) is 0 Å². The first kappa shape index (κ1) is 15.2. The monoisotopic (exact) mass is 329 g/mol. The lowest BCUT2D eigenvalue weighted by molar-refractivity contribution is 0.0951. The van der Waals surface area contributed by atoms with E-state index >= 15 is 0 Å². The molecule has 0 unspecified atom stereocenters. The fourth-order valence-corrected chi connectivity index (χ4v) is 2.20. The van der Waals surface area contributed by atoms with Crippen molar-refractivity contribution >= 4 is 17.5 Å². The summed E-state index contributed by atoms with van der Waals surface area (Å²) in [4.78, 5) is 12.0. The number of benzene rings is 2. The first-order valence-electron chi connectivity index (χ1n) is 6.95. The van der Waals surface area contributed by atoms with Crippen LogP contribution in [-0.2, 0) is 6.54 Å². The first-order chi connectivity index (χ1) is 11.1. The van der Waals surface area contributed by atoms with E-state index in [9.17, 15) is 9.18 Å². The molecule has 0 spiro atoms. The number of carbonyl (C=O) groups is 1. The van der Waals surface area contributed by atoms with Crippen molar-refractivity contribution in [3.63, 3.8) is 0 Å². The van der Waals surface area contributed by atoms with Crippen LogP contribution in [0, 0.1) is 5.82 Å². The van der Waals surface area contributed by atoms with Crippen LogP contribution in [0.15, 0.2) is 60.9 Å². The van der Waals surface area contributed by atoms with E-state index in [4.69, 9.17) is 11.6 Å². The molecule has 0 radical (unpaired) electrons. The normalized spacial score (nSPS) is 10.5. The van der Waals surface area contributed by atoms with Crippen LogP contribution in [0.5, 0.6) is 0 Å². The molecule has 0 aliphatic rings. The van der Waals surface area contributed by atoms with Crippen LogP contribution in [-0.4, -0.2) is 15.7 Å². The second-order valence-corrected chi connectivity index (χ2v) is 5.40. The number of carbonyl (C=O) groups excluding carboxylic acids is 1. The van der Waals surface area contributed by atoms with Gasteiger partial charge in [0.2, 0.25) is 0 Å². The third kappa shape index (κ3) is 3.76. The van der Waals surface area contributed by atoms with Gasteiger partial charge in [0.15, 0.2) is 0 Å². The number of nitrogens with zero attached hydrogens (tertiary/aromatic N) is 2. The smallest absolute Gasteiger partial charge is 0.251 e. The van der Waals surface area contributed by atoms with E-state index in [1.54, 1.807) is 23.0 Å². The zero-order chi connectivity index (χ0) is 16.2. The fraction of sp³-hybridized carbons (Fsp3) is 0.0588. The van der Waals surface area contributed by atoms with Crippen molar-refractivity contribution in [2.75, 3.05) is 0 Å². The van der Waals surface area contributed by atoms with Crippen LogP contribution < -0.4 is 5.32 Å². The van der Waals surface area contributed by atoms with E-state index in [1.807, 2.05) is 18.3 Å². The Labute approximate surface area is 137 Å². The number of halogens is 2. The molecule has 2 aromatic carbocycles. The van der Waals surface area contributed by atoms with Gasteiger partial charge in [-0.25, -0.2) is 9.07 Å². The maximum atomic E-state index is 12.8. The largest absolute Gasteiger partial charge is 0.348 e. The zero-order valence-electron chi connectivity index (χ0n) is 12.0. The molecule has 0 aliphatic heterocycles. The maximum absolute atomic E-state index is 12.8. The highest BCUT2D eigenvalue weighted by Crippen LogP contribution is 2.13. The standard InChI is InChI=1S/C17H13ClFN3O/c18-14-3-7-16(8-4-14)22-11-12(10-21-22)9-20-17(23)13-1-5-15(19)6-2-13/h1-8,10-11H,9H2,(H,20,23). The molecule has 0 aliphatic carbocycles. The maximum Gasteiger partial charge on any atom is 0.251 e. The molecule has 1 amide bonds. The van der Waals surface area contributed by atoms with Crippen LogP contribution in [0.4, 0.5) is 4.39 Å². The van der Waals surface area contributed by atoms with E-state index in [0.717, 1.165) is 11.3 Å². The molecular weight excluding hydrogens is 317 g/mol. The first-order valence-corrected chi connectivity index (χ1v) is 7.33. The third-order valence-corrected chi connectivity index (χ3v) is 3.54. The summed E-state index contributed by atoms with van der Waals surface area (Å²) < 4.78 is 14.5. The van der Waals surface area contributed by atoms with Gasteiger partial charge in [-0.2, -0.15) is 5.10 Å². The molecule has 4 nitrogen and oxygen atoms in total. The summed E-state index contributed by atoms with van der Waals surface area (Å²) in [5.74, 6) is -0.630. The van der Waals surface area contributed by atoms with Crippen molar-refractivity contribution in [1.29, 1.82) is 0 Å². The minimum absolute atomic E-state index is 0.260. The van der Waals surface area contributed by atoms with Crippen molar-refractivity contribution in [2.24, 2.45) is 0 Å². The molecule has 3 aromatic rings. The van der Waals surface area contributed by atoms with E-state index in [0.29, 0.717) is 17.1 Å². The molecule has 116 valence electrons. The van der Waals surface area contributed by atoms with Gasteiger partial charge in [-0.1, -0.05) is 11.6 Å². The molecule has 0 saturated heterocycles. The molecule has 6 heteroatoms. The van der Waals surface area contributed by atoms with Gasteiger partial charge in [-0.3, -0.25) is 4.79 Å². The number of aromatic nitrogens is 2. The van der Waals surface area contributed by atoms with Gasteiger partial charge in [0, 0.05) is 28.9 Å². The Bertz CT molecular complexity index is 813. The number of amides is 1. The highest BCUT2D eigenvalue weighted by atomic mass is 35.5. The van der Waals surface area contributed by atoms with E-state index in [-0.39, 0.29) is 11.7 Å². The van der Waals surface area contributed by atoms with Crippen LogP contribution in [0.1, 0.15) is 15.9 Å². The van der Waals surface area contributed by atoms with E-state index in [1.165, 1.54) is 24.3 Å². The highest BCUT2D eigenvalue weighted by Gasteiger charge is 2.07. The molecule has 0 atom stereocenters. The minimum atomic E-state index is -0.370. The molecule has 0 fully saturated rings. The van der Waals surface area contributed by atoms with Crippen molar-refractivity contribution in [1.82, 2.24) is 15.1 Å². The molecule has 1 N–H and O–H groups in total. The molecular formula is C17H13ClFN3O. The van der Waals surface area contributed by atoms with Crippen molar-refractivity contribution in [2.45, 2.75) is 6.54 Å². The lowest BCUT2D eigenvalue weighted by atomic mass is 10.2. The molecule has 23 heavy (non-hydrogen) atoms. The molecule has 1 heterocycles. The van der Waals surface area contributed by atoms with Crippen molar-refractivity contribution in [3.8, 4) is 5.69 Å². The number of nitrogens with one attached hydrogen (secondary N) is 1. The summed E-state index contributed by atoms with van der Waals surface area (Å²) in [5.41, 5.74) is 2.15. The van der Waals surface area contributed by atoms with Crippen LogP contribution in [0.2, 0.25) is 5.02 Å². The minimum Gasteiger partial charge on any atom is -0.348 e. The van der Waals surface area contributed by atoms with Crippen LogP contribution in [0.3, 0.4) is 0 Å². The number of rotatable bonds is 4. The van der Waals surface area contributed by atoms with E-state index < -0.39 is 0 Å². The molecule has 3 rings (SSSR count). The van der Waals surface area contributed by atoms with Gasteiger partial charge in [0.05, 0.1) is 11.9 Å². The van der Waals surface area contributed by atoms with Gasteiger partial charge >= 0.3 is 0 Å². The summed E-state index contributed by atoms with van der Waals surface area (Å²) in [6.07, 6.45) is 3.51. The topological polar surface area (TPSA) is 46.9 Å². The zero-order valence-corrected chi connectivity index (χ0v) is 12.8. The Morgan fingerprint density at radius 2 is 1.83 bits per heavy atom. The average molecular weight is 330 g/mol. The molecule has 1 aromatic heterocycles. The fourth-order valence-electron chi connectivity index (χ4n) is 2.07. The third-order valence-electron chi connectivity index (χ3n) is 3.29. The van der Waals surface area contributed by atoms with Gasteiger partial charge in [0.25, 0.3) is 5.91 Å². The average Bonchev–Trinajstić information content (AvgIpc) is 3.03. The van der Waals surface area contributed by atoms with Crippen LogP contribution >= 0.6 is 11.6 Å². The summed E-state index contributed by atoms with van der Waals surface area (Å²) in [6, 6.07) is 12.7. The Kier molecular flexibility index (Phi) is 4.39. The van der Waals surface area contributed by atoms with Crippen molar-refractivity contribution < 1.29 is 9.18 Å². The predicted molar refractivity (Wildman–Crippen MR) is 86.1 cm³/mol. The summed E-state index contributed by atoms with van der Waals surface area (Å²) in [6.45, 7) is 0.337. The Hall–Kier alpha value is -2.66. The van der Waals surface area contributed by atoms with Gasteiger partial charge in [0.1, 0.15) is 5.82 Å². The van der Waals surface area contributed by atoms with E-state index in [2.05, 4.69) is 10.4 Å². The molecule has 0 bridgehead atoms. The number of hydrogen-bond acceptors (Lipinski definition) is 2. The van der Waals surface area contributed by atoms with Crippen molar-refractivity contribution in [3.05, 3.63) is 82.9 Å². The Morgan fingerprint density at radius 1 is 1.13 bits per heavy atom.